The molecule has 0 saturated heterocycles. The molecule has 1 heterocycles. The van der Waals surface area contributed by atoms with Crippen molar-refractivity contribution >= 4 is 27.8 Å². The molecule has 1 unspecified atom stereocenters. The van der Waals surface area contributed by atoms with Crippen molar-refractivity contribution in [3.05, 3.63) is 26.8 Å². The standard InChI is InChI=1S/C11H14BrN3O4/c1-6-13-4-8(12)10(17)15(6)5-9(11(18)19-3)14-7(2)16/h4,9H,5H2,1-3H3,(H,14,16). The van der Waals surface area contributed by atoms with Crippen LogP contribution in [0.1, 0.15) is 12.7 Å². The van der Waals surface area contributed by atoms with Gasteiger partial charge >= 0.3 is 5.97 Å². The summed E-state index contributed by atoms with van der Waals surface area (Å²) in [6.45, 7) is 2.88. The maximum Gasteiger partial charge on any atom is 0.330 e. The Labute approximate surface area is 118 Å². The zero-order valence-electron chi connectivity index (χ0n) is 10.8. The lowest BCUT2D eigenvalue weighted by molar-refractivity contribution is -0.145. The van der Waals surface area contributed by atoms with E-state index in [4.69, 9.17) is 0 Å². The molecule has 0 radical (unpaired) electrons. The Morgan fingerprint density at radius 2 is 2.21 bits per heavy atom. The van der Waals surface area contributed by atoms with Crippen molar-refractivity contribution < 1.29 is 14.3 Å². The summed E-state index contributed by atoms with van der Waals surface area (Å²) in [6.07, 6.45) is 1.39. The molecule has 0 saturated carbocycles. The number of halogens is 1. The van der Waals surface area contributed by atoms with Crippen LogP contribution in [0.2, 0.25) is 0 Å². The van der Waals surface area contributed by atoms with Crippen molar-refractivity contribution in [2.24, 2.45) is 0 Å². The monoisotopic (exact) mass is 331 g/mol. The van der Waals surface area contributed by atoms with Gasteiger partial charge in [0.05, 0.1) is 13.7 Å². The second-order valence-corrected chi connectivity index (χ2v) is 4.70. The fraction of sp³-hybridized carbons (Fsp3) is 0.455. The summed E-state index contributed by atoms with van der Waals surface area (Å²) in [5.41, 5.74) is -0.327. The van der Waals surface area contributed by atoms with Crippen LogP contribution in [0.5, 0.6) is 0 Å². The van der Waals surface area contributed by atoms with Crippen LogP contribution in [0.3, 0.4) is 0 Å². The van der Waals surface area contributed by atoms with Crippen LogP contribution in [0, 0.1) is 6.92 Å². The molecule has 0 aliphatic carbocycles. The predicted molar refractivity (Wildman–Crippen MR) is 70.6 cm³/mol. The van der Waals surface area contributed by atoms with E-state index in [0.29, 0.717) is 5.82 Å². The summed E-state index contributed by atoms with van der Waals surface area (Å²) in [7, 11) is 1.21. The Morgan fingerprint density at radius 1 is 1.58 bits per heavy atom. The average molecular weight is 332 g/mol. The highest BCUT2D eigenvalue weighted by atomic mass is 79.9. The van der Waals surface area contributed by atoms with Crippen molar-refractivity contribution in [2.75, 3.05) is 7.11 Å². The van der Waals surface area contributed by atoms with Crippen molar-refractivity contribution in [3.63, 3.8) is 0 Å². The normalized spacial score (nSPS) is 11.8. The molecule has 0 bridgehead atoms. The Morgan fingerprint density at radius 3 is 2.74 bits per heavy atom. The van der Waals surface area contributed by atoms with Crippen LogP contribution < -0.4 is 10.9 Å². The first-order valence-corrected chi connectivity index (χ1v) is 6.23. The Bertz CT molecular complexity index is 555. The highest BCUT2D eigenvalue weighted by molar-refractivity contribution is 9.10. The number of methoxy groups -OCH3 is 1. The van der Waals surface area contributed by atoms with Crippen molar-refractivity contribution in [1.82, 2.24) is 14.9 Å². The molecule has 0 aliphatic heterocycles. The number of rotatable bonds is 4. The summed E-state index contributed by atoms with van der Waals surface area (Å²) >= 11 is 3.08. The van der Waals surface area contributed by atoms with Gasteiger partial charge in [0.2, 0.25) is 5.91 Å². The van der Waals surface area contributed by atoms with Crippen LogP contribution in [0.4, 0.5) is 0 Å². The number of aromatic nitrogens is 2. The lowest BCUT2D eigenvalue weighted by Gasteiger charge is -2.18. The van der Waals surface area contributed by atoms with E-state index in [0.717, 1.165) is 0 Å². The minimum Gasteiger partial charge on any atom is -0.467 e. The quantitative estimate of drug-likeness (QED) is 0.784. The molecule has 0 aliphatic rings. The first-order valence-electron chi connectivity index (χ1n) is 5.43. The summed E-state index contributed by atoms with van der Waals surface area (Å²) in [5, 5.41) is 2.44. The van der Waals surface area contributed by atoms with Gasteiger partial charge in [0.25, 0.3) is 5.56 Å². The number of carbonyl (C=O) groups excluding carboxylic acids is 2. The summed E-state index contributed by atoms with van der Waals surface area (Å²) in [5.74, 6) is -0.571. The first kappa shape index (κ1) is 15.4. The van der Waals surface area contributed by atoms with E-state index in [1.807, 2.05) is 0 Å². The SMILES string of the molecule is COC(=O)C(Cn1c(C)ncc(Br)c1=O)NC(C)=O. The molecule has 0 fully saturated rings. The Balaban J connectivity index is 3.09. The third-order valence-electron chi connectivity index (χ3n) is 2.43. The second-order valence-electron chi connectivity index (χ2n) is 3.85. The molecule has 1 aromatic rings. The molecule has 0 spiro atoms. The van der Waals surface area contributed by atoms with Gasteiger partial charge in [-0.2, -0.15) is 0 Å². The fourth-order valence-electron chi connectivity index (χ4n) is 1.52. The van der Waals surface area contributed by atoms with Crippen molar-refractivity contribution in [2.45, 2.75) is 26.4 Å². The average Bonchev–Trinajstić information content (AvgIpc) is 2.36. The van der Waals surface area contributed by atoms with Gasteiger partial charge in [-0.1, -0.05) is 0 Å². The smallest absolute Gasteiger partial charge is 0.330 e. The molecule has 1 amide bonds. The van der Waals surface area contributed by atoms with Gasteiger partial charge in [-0.25, -0.2) is 9.78 Å². The number of amides is 1. The molecule has 19 heavy (non-hydrogen) atoms. The minimum atomic E-state index is -0.935. The number of nitrogens with zero attached hydrogens (tertiary/aromatic N) is 2. The third kappa shape index (κ3) is 3.88. The number of nitrogens with one attached hydrogen (secondary N) is 1. The van der Waals surface area contributed by atoms with Crippen LogP contribution >= 0.6 is 15.9 Å². The maximum absolute atomic E-state index is 11.9. The Hall–Kier alpha value is -1.70. The third-order valence-corrected chi connectivity index (χ3v) is 2.98. The van der Waals surface area contributed by atoms with Crippen LogP contribution in [-0.2, 0) is 20.9 Å². The zero-order chi connectivity index (χ0) is 14.6. The molecule has 104 valence electrons. The number of hydrogen-bond donors (Lipinski definition) is 1. The van der Waals surface area contributed by atoms with Gasteiger partial charge in [0.15, 0.2) is 0 Å². The molecular weight excluding hydrogens is 318 g/mol. The molecule has 1 aromatic heterocycles. The van der Waals surface area contributed by atoms with Gasteiger partial charge in [-0.3, -0.25) is 14.2 Å². The summed E-state index contributed by atoms with van der Waals surface area (Å²) in [4.78, 5) is 38.6. The highest BCUT2D eigenvalue weighted by Crippen LogP contribution is 2.03. The van der Waals surface area contributed by atoms with E-state index in [1.165, 1.54) is 24.8 Å². The van der Waals surface area contributed by atoms with E-state index >= 15 is 0 Å². The van der Waals surface area contributed by atoms with Gasteiger partial charge in [-0.15, -0.1) is 0 Å². The van der Waals surface area contributed by atoms with E-state index in [-0.39, 0.29) is 22.5 Å². The lowest BCUT2D eigenvalue weighted by atomic mass is 10.2. The zero-order valence-corrected chi connectivity index (χ0v) is 12.4. The van der Waals surface area contributed by atoms with Crippen molar-refractivity contribution in [1.29, 1.82) is 0 Å². The van der Waals surface area contributed by atoms with Crippen LogP contribution in [-0.4, -0.2) is 34.6 Å². The highest BCUT2D eigenvalue weighted by Gasteiger charge is 2.22. The number of esters is 1. The second kappa shape index (κ2) is 6.46. The number of aryl methyl sites for hydroxylation is 1. The fourth-order valence-corrected chi connectivity index (χ4v) is 1.83. The topological polar surface area (TPSA) is 90.3 Å². The van der Waals surface area contributed by atoms with Gasteiger partial charge in [0, 0.05) is 13.1 Å². The number of carbonyl (C=O) groups is 2. The van der Waals surface area contributed by atoms with Crippen LogP contribution in [0.25, 0.3) is 0 Å². The van der Waals surface area contributed by atoms with E-state index < -0.39 is 12.0 Å². The van der Waals surface area contributed by atoms with E-state index in [1.54, 1.807) is 6.92 Å². The van der Waals surface area contributed by atoms with E-state index in [2.05, 4.69) is 31.0 Å². The lowest BCUT2D eigenvalue weighted by Crippen LogP contribution is -2.45. The minimum absolute atomic E-state index is 0.0383. The number of hydrogen-bond acceptors (Lipinski definition) is 5. The first-order chi connectivity index (χ1) is 8.86. The van der Waals surface area contributed by atoms with Gasteiger partial charge < -0.3 is 10.1 Å². The molecule has 8 heteroatoms. The molecule has 1 atom stereocenters. The van der Waals surface area contributed by atoms with Gasteiger partial charge in [0.1, 0.15) is 16.3 Å². The van der Waals surface area contributed by atoms with Gasteiger partial charge in [-0.05, 0) is 22.9 Å². The molecule has 0 aromatic carbocycles. The molecular formula is C11H14BrN3O4. The number of ether oxygens (including phenoxy) is 1. The molecule has 1 N–H and O–H groups in total. The van der Waals surface area contributed by atoms with Crippen molar-refractivity contribution in [3.8, 4) is 0 Å². The summed E-state index contributed by atoms with van der Waals surface area (Å²) in [6, 6.07) is -0.935. The largest absolute Gasteiger partial charge is 0.467 e. The molecule has 7 nitrogen and oxygen atoms in total. The van der Waals surface area contributed by atoms with Crippen LogP contribution in [0.15, 0.2) is 15.5 Å². The van der Waals surface area contributed by atoms with E-state index in [9.17, 15) is 14.4 Å². The Kier molecular flexibility index (Phi) is 5.22. The predicted octanol–water partition coefficient (Wildman–Crippen LogP) is -0.00808. The molecule has 1 rings (SSSR count). The summed E-state index contributed by atoms with van der Waals surface area (Å²) < 4.78 is 6.17. The maximum atomic E-state index is 11.9.